The topological polar surface area (TPSA) is 47.6 Å². The Balaban J connectivity index is 0.000000180. The summed E-state index contributed by atoms with van der Waals surface area (Å²) in [5, 5.41) is 16.7. The number of hydrogen-bond donors (Lipinski definition) is 0. The third-order valence-electron chi connectivity index (χ3n) is 4.21. The average Bonchev–Trinajstić information content (AvgIpc) is 2.43. The average molecular weight is 246 g/mol. The first-order valence-corrected chi connectivity index (χ1v) is 7.60. The first-order chi connectivity index (χ1) is 8.86. The van der Waals surface area contributed by atoms with Crippen molar-refractivity contribution in [3.8, 4) is 12.1 Å². The Morgan fingerprint density at radius 2 is 0.944 bits per heavy atom. The second-order valence-electron chi connectivity index (χ2n) is 5.73. The van der Waals surface area contributed by atoms with Gasteiger partial charge in [-0.25, -0.2) is 0 Å². The van der Waals surface area contributed by atoms with Gasteiger partial charge in [0, 0.05) is 12.8 Å². The van der Waals surface area contributed by atoms with E-state index in [2.05, 4.69) is 12.1 Å². The molecule has 0 unspecified atom stereocenters. The molecular formula is C16H26N2. The zero-order valence-electron chi connectivity index (χ0n) is 11.5. The van der Waals surface area contributed by atoms with Crippen molar-refractivity contribution in [3.05, 3.63) is 0 Å². The van der Waals surface area contributed by atoms with E-state index in [1.54, 1.807) is 0 Å². The van der Waals surface area contributed by atoms with Crippen LogP contribution in [0.1, 0.15) is 77.0 Å². The summed E-state index contributed by atoms with van der Waals surface area (Å²) < 4.78 is 0. The molecule has 0 aliphatic heterocycles. The molecule has 0 bridgehead atoms. The fourth-order valence-electron chi connectivity index (χ4n) is 3.04. The maximum absolute atomic E-state index is 8.37. The van der Waals surface area contributed by atoms with Gasteiger partial charge in [0.05, 0.1) is 12.1 Å². The van der Waals surface area contributed by atoms with Gasteiger partial charge in [0.2, 0.25) is 0 Å². The standard InChI is InChI=1S/2C8H13N/c2*9-7-6-8-4-2-1-3-5-8/h2*8H,1-6H2. The van der Waals surface area contributed by atoms with Gasteiger partial charge in [-0.15, -0.1) is 0 Å². The summed E-state index contributed by atoms with van der Waals surface area (Å²) in [6, 6.07) is 4.47. The van der Waals surface area contributed by atoms with Gasteiger partial charge in [-0.05, 0) is 37.5 Å². The van der Waals surface area contributed by atoms with Crippen molar-refractivity contribution < 1.29 is 0 Å². The first kappa shape index (κ1) is 15.0. The molecule has 0 aromatic rings. The zero-order chi connectivity index (χ0) is 13.1. The van der Waals surface area contributed by atoms with Crippen LogP contribution in [-0.4, -0.2) is 0 Å². The molecule has 0 heterocycles. The lowest BCUT2D eigenvalue weighted by molar-refractivity contribution is 0.364. The summed E-state index contributed by atoms with van der Waals surface area (Å²) in [7, 11) is 0. The van der Waals surface area contributed by atoms with Gasteiger partial charge in [0.25, 0.3) is 0 Å². The number of nitriles is 2. The highest BCUT2D eigenvalue weighted by Crippen LogP contribution is 2.26. The largest absolute Gasteiger partial charge is 0.198 e. The minimum Gasteiger partial charge on any atom is -0.198 e. The molecule has 2 aliphatic carbocycles. The minimum atomic E-state index is 0.740. The Kier molecular flexibility index (Phi) is 8.32. The van der Waals surface area contributed by atoms with Crippen LogP contribution >= 0.6 is 0 Å². The quantitative estimate of drug-likeness (QED) is 0.691. The molecule has 2 saturated carbocycles. The van der Waals surface area contributed by atoms with Crippen molar-refractivity contribution in [2.75, 3.05) is 0 Å². The number of hydrogen-bond acceptors (Lipinski definition) is 2. The van der Waals surface area contributed by atoms with Crippen LogP contribution in [0.15, 0.2) is 0 Å². The predicted octanol–water partition coefficient (Wildman–Crippen LogP) is 4.96. The van der Waals surface area contributed by atoms with Crippen LogP contribution in [0.5, 0.6) is 0 Å². The van der Waals surface area contributed by atoms with E-state index >= 15 is 0 Å². The number of rotatable bonds is 2. The fourth-order valence-corrected chi connectivity index (χ4v) is 3.04. The number of nitrogens with zero attached hydrogens (tertiary/aromatic N) is 2. The molecule has 100 valence electrons. The van der Waals surface area contributed by atoms with Gasteiger partial charge in [-0.1, -0.05) is 38.5 Å². The van der Waals surface area contributed by atoms with E-state index in [1.165, 1.54) is 64.2 Å². The van der Waals surface area contributed by atoms with Crippen LogP contribution in [-0.2, 0) is 0 Å². The van der Waals surface area contributed by atoms with Crippen molar-refractivity contribution in [3.63, 3.8) is 0 Å². The molecule has 2 fully saturated rings. The van der Waals surface area contributed by atoms with Crippen LogP contribution in [0.3, 0.4) is 0 Å². The molecule has 0 aromatic carbocycles. The van der Waals surface area contributed by atoms with E-state index in [0.29, 0.717) is 0 Å². The summed E-state index contributed by atoms with van der Waals surface area (Å²) in [6.45, 7) is 0. The molecular weight excluding hydrogens is 220 g/mol. The summed E-state index contributed by atoms with van der Waals surface area (Å²) in [4.78, 5) is 0. The maximum Gasteiger partial charge on any atom is 0.0624 e. The first-order valence-electron chi connectivity index (χ1n) is 7.60. The molecule has 0 N–H and O–H groups in total. The summed E-state index contributed by atoms with van der Waals surface area (Å²) in [5.74, 6) is 1.48. The monoisotopic (exact) mass is 246 g/mol. The molecule has 0 aromatic heterocycles. The van der Waals surface area contributed by atoms with E-state index in [9.17, 15) is 0 Å². The van der Waals surface area contributed by atoms with Gasteiger partial charge >= 0.3 is 0 Å². The Hall–Kier alpha value is -1.02. The highest BCUT2D eigenvalue weighted by molar-refractivity contribution is 4.78. The molecule has 2 heteroatoms. The van der Waals surface area contributed by atoms with Gasteiger partial charge in [0.1, 0.15) is 0 Å². The lowest BCUT2D eigenvalue weighted by Crippen LogP contribution is -2.04. The highest BCUT2D eigenvalue weighted by Gasteiger charge is 2.12. The third-order valence-corrected chi connectivity index (χ3v) is 4.21. The smallest absolute Gasteiger partial charge is 0.0624 e. The van der Waals surface area contributed by atoms with Gasteiger partial charge in [-0.2, -0.15) is 10.5 Å². The lowest BCUT2D eigenvalue weighted by atomic mass is 9.87. The molecule has 18 heavy (non-hydrogen) atoms. The normalized spacial score (nSPS) is 21.2. The molecule has 0 atom stereocenters. The maximum atomic E-state index is 8.37. The van der Waals surface area contributed by atoms with Crippen LogP contribution in [0.25, 0.3) is 0 Å². The van der Waals surface area contributed by atoms with E-state index in [-0.39, 0.29) is 0 Å². The fraction of sp³-hybridized carbons (Fsp3) is 0.875. The zero-order valence-corrected chi connectivity index (χ0v) is 11.5. The predicted molar refractivity (Wildman–Crippen MR) is 73.6 cm³/mol. The lowest BCUT2D eigenvalue weighted by Gasteiger charge is -2.17. The van der Waals surface area contributed by atoms with E-state index < -0.39 is 0 Å². The molecule has 0 amide bonds. The Morgan fingerprint density at radius 3 is 1.22 bits per heavy atom. The summed E-state index contributed by atoms with van der Waals surface area (Å²) >= 11 is 0. The second-order valence-corrected chi connectivity index (χ2v) is 5.73. The van der Waals surface area contributed by atoms with Crippen LogP contribution in [0.2, 0.25) is 0 Å². The molecule has 2 nitrogen and oxygen atoms in total. The van der Waals surface area contributed by atoms with Gasteiger partial charge in [-0.3, -0.25) is 0 Å². The van der Waals surface area contributed by atoms with Crippen molar-refractivity contribution in [2.24, 2.45) is 11.8 Å². The Labute approximate surface area is 112 Å². The van der Waals surface area contributed by atoms with Crippen molar-refractivity contribution in [1.29, 1.82) is 10.5 Å². The SMILES string of the molecule is N#CCC1CCCCC1.N#CCC1CCCCC1. The summed E-state index contributed by atoms with van der Waals surface area (Å²) in [6.07, 6.45) is 15.0. The molecule has 0 radical (unpaired) electrons. The molecule has 0 saturated heterocycles. The Bertz CT molecular complexity index is 242. The van der Waals surface area contributed by atoms with Crippen molar-refractivity contribution in [2.45, 2.75) is 77.0 Å². The molecule has 2 rings (SSSR count). The van der Waals surface area contributed by atoms with Crippen LogP contribution in [0, 0.1) is 34.5 Å². The minimum absolute atomic E-state index is 0.740. The van der Waals surface area contributed by atoms with Gasteiger partial charge in [0.15, 0.2) is 0 Å². The van der Waals surface area contributed by atoms with Crippen molar-refractivity contribution in [1.82, 2.24) is 0 Å². The third kappa shape index (κ3) is 6.65. The van der Waals surface area contributed by atoms with Crippen LogP contribution < -0.4 is 0 Å². The Morgan fingerprint density at radius 1 is 0.611 bits per heavy atom. The highest BCUT2D eigenvalue weighted by atomic mass is 14.3. The van der Waals surface area contributed by atoms with E-state index in [1.807, 2.05) is 0 Å². The van der Waals surface area contributed by atoms with Crippen LogP contribution in [0.4, 0.5) is 0 Å². The van der Waals surface area contributed by atoms with Gasteiger partial charge < -0.3 is 0 Å². The second kappa shape index (κ2) is 9.95. The summed E-state index contributed by atoms with van der Waals surface area (Å²) in [5.41, 5.74) is 0. The van der Waals surface area contributed by atoms with E-state index in [4.69, 9.17) is 10.5 Å². The van der Waals surface area contributed by atoms with Crippen molar-refractivity contribution >= 4 is 0 Å². The molecule has 0 spiro atoms. The molecule has 2 aliphatic rings. The van der Waals surface area contributed by atoms with E-state index in [0.717, 1.165) is 24.7 Å².